The number of rotatable bonds is 4. The average molecular weight is 308 g/mol. The van der Waals surface area contributed by atoms with Crippen LogP contribution in [0.15, 0.2) is 23.1 Å². The Morgan fingerprint density at radius 1 is 1.43 bits per heavy atom. The zero-order chi connectivity index (χ0) is 15.5. The van der Waals surface area contributed by atoms with Crippen molar-refractivity contribution in [3.05, 3.63) is 23.8 Å². The monoisotopic (exact) mass is 308 g/mol. The molecule has 0 aromatic heterocycles. The van der Waals surface area contributed by atoms with E-state index in [9.17, 15) is 8.42 Å². The van der Waals surface area contributed by atoms with E-state index in [4.69, 9.17) is 10.5 Å². The normalized spacial score (nSPS) is 15.2. The van der Waals surface area contributed by atoms with Crippen LogP contribution in [0.2, 0.25) is 0 Å². The summed E-state index contributed by atoms with van der Waals surface area (Å²) in [7, 11) is -0.334. The smallest absolute Gasteiger partial charge is 0.243 e. The van der Waals surface area contributed by atoms with Crippen LogP contribution in [0.3, 0.4) is 0 Å². The molecule has 1 aliphatic rings. The number of hydrogen-bond acceptors (Lipinski definition) is 4. The number of methoxy groups -OCH3 is 1. The molecule has 2 N–H and O–H groups in total. The molecule has 0 aliphatic heterocycles. The second-order valence-corrected chi connectivity index (χ2v) is 6.97. The van der Waals surface area contributed by atoms with Crippen LogP contribution in [0, 0.1) is 11.8 Å². The molecule has 114 valence electrons. The predicted molar refractivity (Wildman–Crippen MR) is 81.5 cm³/mol. The van der Waals surface area contributed by atoms with E-state index in [2.05, 4.69) is 11.8 Å². The maximum absolute atomic E-state index is 12.6. The molecule has 1 fully saturated rings. The van der Waals surface area contributed by atoms with E-state index in [1.807, 2.05) is 0 Å². The number of nitrogens with two attached hydrogens (primary N) is 1. The van der Waals surface area contributed by atoms with Crippen LogP contribution in [0.5, 0.6) is 5.75 Å². The molecule has 0 atom stereocenters. The maximum atomic E-state index is 12.6. The maximum Gasteiger partial charge on any atom is 0.243 e. The summed E-state index contributed by atoms with van der Waals surface area (Å²) in [5.74, 6) is 6.11. The third-order valence-electron chi connectivity index (χ3n) is 3.76. The highest BCUT2D eigenvalue weighted by atomic mass is 32.2. The van der Waals surface area contributed by atoms with Crippen LogP contribution < -0.4 is 10.5 Å². The summed E-state index contributed by atoms with van der Waals surface area (Å²) in [5.41, 5.74) is 5.90. The molecule has 0 spiro atoms. The second-order valence-electron chi connectivity index (χ2n) is 4.97. The molecule has 0 radical (unpaired) electrons. The first-order valence-electron chi connectivity index (χ1n) is 6.85. The van der Waals surface area contributed by atoms with Gasteiger partial charge in [-0.3, -0.25) is 0 Å². The number of benzene rings is 1. The first-order chi connectivity index (χ1) is 10.0. The molecule has 21 heavy (non-hydrogen) atoms. The minimum absolute atomic E-state index is 0.107. The van der Waals surface area contributed by atoms with Crippen LogP contribution in [0.1, 0.15) is 24.8 Å². The lowest BCUT2D eigenvalue weighted by Crippen LogP contribution is -2.41. The molecule has 1 aromatic carbocycles. The lowest BCUT2D eigenvalue weighted by Gasteiger charge is -2.33. The van der Waals surface area contributed by atoms with Gasteiger partial charge in [-0.15, -0.1) is 0 Å². The molecule has 0 heterocycles. The van der Waals surface area contributed by atoms with Gasteiger partial charge < -0.3 is 10.5 Å². The number of hydrogen-bond donors (Lipinski definition) is 1. The van der Waals surface area contributed by atoms with Gasteiger partial charge in [0.05, 0.1) is 24.1 Å². The number of ether oxygens (including phenoxy) is 1. The Kier molecular flexibility index (Phi) is 4.88. The Morgan fingerprint density at radius 3 is 2.67 bits per heavy atom. The molecule has 5 nitrogen and oxygen atoms in total. The van der Waals surface area contributed by atoms with Gasteiger partial charge in [-0.1, -0.05) is 18.3 Å². The van der Waals surface area contributed by atoms with Crippen molar-refractivity contribution in [2.24, 2.45) is 5.73 Å². The minimum Gasteiger partial charge on any atom is -0.495 e. The topological polar surface area (TPSA) is 72.6 Å². The third-order valence-corrected chi connectivity index (χ3v) is 5.67. The van der Waals surface area contributed by atoms with Crippen molar-refractivity contribution in [3.63, 3.8) is 0 Å². The SMILES string of the molecule is COc1ccc(S(=O)(=O)N(C)C2CCC2)cc1C#CCN. The van der Waals surface area contributed by atoms with Gasteiger partial charge in [0, 0.05) is 13.1 Å². The Bertz CT molecular complexity index is 670. The Hall–Kier alpha value is -1.55. The first kappa shape index (κ1) is 15.8. The summed E-state index contributed by atoms with van der Waals surface area (Å²) in [5, 5.41) is 0. The van der Waals surface area contributed by atoms with Gasteiger partial charge >= 0.3 is 0 Å². The highest BCUT2D eigenvalue weighted by Gasteiger charge is 2.32. The van der Waals surface area contributed by atoms with Crippen molar-refractivity contribution in [1.29, 1.82) is 0 Å². The van der Waals surface area contributed by atoms with Crippen molar-refractivity contribution in [2.45, 2.75) is 30.2 Å². The summed E-state index contributed by atoms with van der Waals surface area (Å²) in [6, 6.07) is 4.83. The number of nitrogens with zero attached hydrogens (tertiary/aromatic N) is 1. The molecule has 1 saturated carbocycles. The molecule has 1 aliphatic carbocycles. The molecule has 1 aromatic rings. The molecule has 0 unspecified atom stereocenters. The summed E-state index contributed by atoms with van der Waals surface area (Å²) in [6.45, 7) is 0.210. The molecule has 6 heteroatoms. The van der Waals surface area contributed by atoms with Crippen molar-refractivity contribution in [1.82, 2.24) is 4.31 Å². The fourth-order valence-electron chi connectivity index (χ4n) is 2.20. The molecule has 0 saturated heterocycles. The Balaban J connectivity index is 2.39. The van der Waals surface area contributed by atoms with E-state index >= 15 is 0 Å². The molecule has 0 bridgehead atoms. The van der Waals surface area contributed by atoms with Gasteiger partial charge in [0.2, 0.25) is 10.0 Å². The van der Waals surface area contributed by atoms with Crippen molar-refractivity contribution >= 4 is 10.0 Å². The van der Waals surface area contributed by atoms with E-state index in [1.165, 1.54) is 11.4 Å². The molecule has 2 rings (SSSR count). The molecular formula is C15H20N2O3S. The van der Waals surface area contributed by atoms with Crippen LogP contribution >= 0.6 is 0 Å². The Morgan fingerprint density at radius 2 is 2.14 bits per heavy atom. The summed E-state index contributed by atoms with van der Waals surface area (Å²) < 4.78 is 31.9. The highest BCUT2D eigenvalue weighted by Crippen LogP contribution is 2.30. The molecular weight excluding hydrogens is 288 g/mol. The zero-order valence-electron chi connectivity index (χ0n) is 12.3. The van der Waals surface area contributed by atoms with Gasteiger partial charge in [0.1, 0.15) is 5.75 Å². The average Bonchev–Trinajstić information content (AvgIpc) is 2.42. The van der Waals surface area contributed by atoms with Gasteiger partial charge in [0.15, 0.2) is 0 Å². The van der Waals surface area contributed by atoms with E-state index < -0.39 is 10.0 Å². The predicted octanol–water partition coefficient (Wildman–Crippen LogP) is 1.18. The lowest BCUT2D eigenvalue weighted by molar-refractivity contribution is 0.249. The highest BCUT2D eigenvalue weighted by molar-refractivity contribution is 7.89. The number of sulfonamides is 1. The van der Waals surface area contributed by atoms with Crippen molar-refractivity contribution in [3.8, 4) is 17.6 Å². The van der Waals surface area contributed by atoms with Gasteiger partial charge in [-0.2, -0.15) is 4.31 Å². The summed E-state index contributed by atoms with van der Waals surface area (Å²) in [6.07, 6.45) is 2.93. The van der Waals surface area contributed by atoms with Crippen LogP contribution in [0.4, 0.5) is 0 Å². The first-order valence-corrected chi connectivity index (χ1v) is 8.29. The summed E-state index contributed by atoms with van der Waals surface area (Å²) in [4.78, 5) is 0.235. The fraction of sp³-hybridized carbons (Fsp3) is 0.467. The van der Waals surface area contributed by atoms with E-state index in [0.717, 1.165) is 19.3 Å². The Labute approximate surface area is 126 Å². The zero-order valence-corrected chi connectivity index (χ0v) is 13.1. The quantitative estimate of drug-likeness (QED) is 0.848. The van der Waals surface area contributed by atoms with Crippen LogP contribution in [-0.4, -0.2) is 39.5 Å². The van der Waals surface area contributed by atoms with E-state index in [0.29, 0.717) is 11.3 Å². The van der Waals surface area contributed by atoms with Gasteiger partial charge in [-0.05, 0) is 31.0 Å². The second kappa shape index (κ2) is 6.48. The standard InChI is InChI=1S/C15H20N2O3S/c1-17(13-6-3-7-13)21(18,19)14-8-9-15(20-2)12(11-14)5-4-10-16/h8-9,11,13H,3,6-7,10,16H2,1-2H3. The third kappa shape index (κ3) is 3.21. The molecule has 0 amide bonds. The van der Waals surface area contributed by atoms with Gasteiger partial charge in [-0.25, -0.2) is 8.42 Å². The minimum atomic E-state index is -3.49. The van der Waals surface area contributed by atoms with Crippen LogP contribution in [0.25, 0.3) is 0 Å². The van der Waals surface area contributed by atoms with Crippen molar-refractivity contribution < 1.29 is 13.2 Å². The van der Waals surface area contributed by atoms with Crippen molar-refractivity contribution in [2.75, 3.05) is 20.7 Å². The van der Waals surface area contributed by atoms with E-state index in [1.54, 1.807) is 25.2 Å². The lowest BCUT2D eigenvalue weighted by atomic mass is 9.94. The largest absolute Gasteiger partial charge is 0.495 e. The fourth-order valence-corrected chi connectivity index (χ4v) is 3.65. The van der Waals surface area contributed by atoms with E-state index in [-0.39, 0.29) is 17.5 Å². The van der Waals surface area contributed by atoms with Gasteiger partial charge in [0.25, 0.3) is 0 Å². The van der Waals surface area contributed by atoms with Crippen LogP contribution in [-0.2, 0) is 10.0 Å². The summed E-state index contributed by atoms with van der Waals surface area (Å²) >= 11 is 0.